The van der Waals surface area contributed by atoms with Gasteiger partial charge in [0.2, 0.25) is 0 Å². The van der Waals surface area contributed by atoms with Gasteiger partial charge in [-0.1, -0.05) is 31.5 Å². The Morgan fingerprint density at radius 3 is 2.83 bits per heavy atom. The molecule has 2 rings (SSSR count). The second-order valence-electron chi connectivity index (χ2n) is 5.46. The number of hydrogen-bond donors (Lipinski definition) is 2. The topological polar surface area (TPSA) is 58.5 Å². The molecule has 0 aliphatic rings. The van der Waals surface area contributed by atoms with Crippen molar-refractivity contribution in [3.05, 3.63) is 59.9 Å². The van der Waals surface area contributed by atoms with Crippen LogP contribution >= 0.6 is 0 Å². The lowest BCUT2D eigenvalue weighted by atomic mass is 10.2. The maximum Gasteiger partial charge on any atom is 0.191 e. The fourth-order valence-electron chi connectivity index (χ4n) is 2.18. The van der Waals surface area contributed by atoms with E-state index < -0.39 is 0 Å². The smallest absolute Gasteiger partial charge is 0.191 e. The lowest BCUT2D eigenvalue weighted by molar-refractivity contribution is 0.301. The van der Waals surface area contributed by atoms with E-state index in [1.165, 1.54) is 6.42 Å². The lowest BCUT2D eigenvalue weighted by Crippen LogP contribution is -2.37. The number of rotatable bonds is 8. The van der Waals surface area contributed by atoms with Crippen molar-refractivity contribution in [3.8, 4) is 5.75 Å². The van der Waals surface area contributed by atoms with E-state index in [9.17, 15) is 0 Å². The van der Waals surface area contributed by atoms with Gasteiger partial charge in [-0.25, -0.2) is 0 Å². The van der Waals surface area contributed by atoms with Crippen LogP contribution in [0.2, 0.25) is 0 Å². The highest BCUT2D eigenvalue weighted by atomic mass is 16.5. The van der Waals surface area contributed by atoms with Crippen LogP contribution in [0.1, 0.15) is 31.0 Å². The molecule has 0 aliphatic heterocycles. The minimum Gasteiger partial charge on any atom is -0.487 e. The quantitative estimate of drug-likeness (QED) is 0.444. The van der Waals surface area contributed by atoms with Crippen molar-refractivity contribution in [2.45, 2.75) is 32.9 Å². The predicted molar refractivity (Wildman–Crippen MR) is 98.1 cm³/mol. The summed E-state index contributed by atoms with van der Waals surface area (Å²) in [4.78, 5) is 8.49. The molecule has 0 spiro atoms. The maximum atomic E-state index is 5.81. The van der Waals surface area contributed by atoms with Crippen LogP contribution in [-0.2, 0) is 13.2 Å². The van der Waals surface area contributed by atoms with Crippen molar-refractivity contribution < 1.29 is 4.74 Å². The molecule has 0 fully saturated rings. The van der Waals surface area contributed by atoms with Crippen molar-refractivity contribution in [1.82, 2.24) is 15.6 Å². The molecule has 5 heteroatoms. The molecule has 0 amide bonds. The third-order valence-corrected chi connectivity index (χ3v) is 3.52. The molecule has 5 nitrogen and oxygen atoms in total. The van der Waals surface area contributed by atoms with Gasteiger partial charge in [-0.05, 0) is 36.2 Å². The van der Waals surface area contributed by atoms with Gasteiger partial charge in [-0.15, -0.1) is 0 Å². The molecule has 0 saturated carbocycles. The Hall–Kier alpha value is -2.56. The number of ether oxygens (including phenoxy) is 1. The minimum atomic E-state index is 0.470. The summed E-state index contributed by atoms with van der Waals surface area (Å²) in [6, 6.07) is 13.9. The number of pyridine rings is 1. The molecular weight excluding hydrogens is 300 g/mol. The third kappa shape index (κ3) is 6.28. The largest absolute Gasteiger partial charge is 0.487 e. The van der Waals surface area contributed by atoms with E-state index in [1.54, 1.807) is 13.2 Å². The van der Waals surface area contributed by atoms with Crippen LogP contribution in [0.25, 0.3) is 0 Å². The summed E-state index contributed by atoms with van der Waals surface area (Å²) in [5, 5.41) is 6.62. The molecule has 0 aliphatic carbocycles. The number of nitrogens with one attached hydrogen (secondary N) is 2. The first-order valence-corrected chi connectivity index (χ1v) is 8.38. The van der Waals surface area contributed by atoms with Crippen LogP contribution < -0.4 is 15.4 Å². The van der Waals surface area contributed by atoms with E-state index in [2.05, 4.69) is 33.6 Å². The maximum absolute atomic E-state index is 5.81. The van der Waals surface area contributed by atoms with E-state index in [-0.39, 0.29) is 0 Å². The Kier molecular flexibility index (Phi) is 7.60. The van der Waals surface area contributed by atoms with Crippen molar-refractivity contribution >= 4 is 5.96 Å². The first-order valence-electron chi connectivity index (χ1n) is 8.38. The third-order valence-electron chi connectivity index (χ3n) is 3.52. The number of aromatic nitrogens is 1. The summed E-state index contributed by atoms with van der Waals surface area (Å²) in [5.74, 6) is 1.66. The first kappa shape index (κ1) is 17.8. The van der Waals surface area contributed by atoms with Gasteiger partial charge in [0.25, 0.3) is 0 Å². The standard InChI is InChI=1S/C19H26N4O/c1-3-4-11-22-19(20-2)23-14-16-8-7-10-18(13-16)24-15-17-9-5-6-12-21-17/h5-10,12-13H,3-4,11,14-15H2,1-2H3,(H2,20,22,23). The van der Waals surface area contributed by atoms with E-state index in [0.29, 0.717) is 13.2 Å². The van der Waals surface area contributed by atoms with E-state index in [4.69, 9.17) is 4.74 Å². The molecule has 128 valence electrons. The Bertz CT molecular complexity index is 628. The Morgan fingerprint density at radius 1 is 1.17 bits per heavy atom. The van der Waals surface area contributed by atoms with E-state index >= 15 is 0 Å². The second kappa shape index (κ2) is 10.3. The van der Waals surface area contributed by atoms with Gasteiger partial charge >= 0.3 is 0 Å². The monoisotopic (exact) mass is 326 g/mol. The molecule has 0 unspecified atom stereocenters. The van der Waals surface area contributed by atoms with Crippen LogP contribution in [0.4, 0.5) is 0 Å². The first-order chi connectivity index (χ1) is 11.8. The van der Waals surface area contributed by atoms with E-state index in [1.807, 2.05) is 36.4 Å². The van der Waals surface area contributed by atoms with Gasteiger partial charge < -0.3 is 15.4 Å². The highest BCUT2D eigenvalue weighted by Crippen LogP contribution is 2.14. The summed E-state index contributed by atoms with van der Waals surface area (Å²) >= 11 is 0. The molecule has 1 heterocycles. The summed E-state index contributed by atoms with van der Waals surface area (Å²) in [5.41, 5.74) is 2.06. The molecule has 0 atom stereocenters. The van der Waals surface area contributed by atoms with Gasteiger partial charge in [0.1, 0.15) is 12.4 Å². The number of nitrogens with zero attached hydrogens (tertiary/aromatic N) is 2. The van der Waals surface area contributed by atoms with Gasteiger partial charge in [0.15, 0.2) is 5.96 Å². The van der Waals surface area contributed by atoms with Gasteiger partial charge in [0.05, 0.1) is 5.69 Å². The second-order valence-corrected chi connectivity index (χ2v) is 5.46. The predicted octanol–water partition coefficient (Wildman–Crippen LogP) is 3.13. The summed E-state index contributed by atoms with van der Waals surface area (Å²) in [6.45, 7) is 4.28. The number of hydrogen-bond acceptors (Lipinski definition) is 3. The van der Waals surface area contributed by atoms with Crippen molar-refractivity contribution in [1.29, 1.82) is 0 Å². The molecule has 1 aromatic heterocycles. The van der Waals surface area contributed by atoms with Gasteiger partial charge in [0, 0.05) is 26.3 Å². The van der Waals surface area contributed by atoms with Crippen molar-refractivity contribution in [2.24, 2.45) is 4.99 Å². The molecule has 24 heavy (non-hydrogen) atoms. The van der Waals surface area contributed by atoms with Crippen LogP contribution in [0.3, 0.4) is 0 Å². The number of unbranched alkanes of at least 4 members (excludes halogenated alkanes) is 1. The lowest BCUT2D eigenvalue weighted by Gasteiger charge is -2.12. The summed E-state index contributed by atoms with van der Waals surface area (Å²) in [6.07, 6.45) is 4.08. The fourth-order valence-corrected chi connectivity index (χ4v) is 2.18. The van der Waals surface area contributed by atoms with Crippen LogP contribution in [0.15, 0.2) is 53.7 Å². The molecule has 1 aromatic carbocycles. The fraction of sp³-hybridized carbons (Fsp3) is 0.368. The Balaban J connectivity index is 1.83. The highest BCUT2D eigenvalue weighted by Gasteiger charge is 2.01. The zero-order chi connectivity index (χ0) is 17.0. The van der Waals surface area contributed by atoms with Crippen LogP contribution in [0, 0.1) is 0 Å². The molecule has 0 bridgehead atoms. The summed E-state index contributed by atoms with van der Waals surface area (Å²) in [7, 11) is 1.79. The van der Waals surface area contributed by atoms with Crippen molar-refractivity contribution in [3.63, 3.8) is 0 Å². The molecule has 2 N–H and O–H groups in total. The molecule has 0 saturated heterocycles. The van der Waals surface area contributed by atoms with Gasteiger partial charge in [-0.3, -0.25) is 9.98 Å². The highest BCUT2D eigenvalue weighted by molar-refractivity contribution is 5.79. The SMILES string of the molecule is CCCCNC(=NC)NCc1cccc(OCc2ccccn2)c1. The Labute approximate surface area is 144 Å². The van der Waals surface area contributed by atoms with E-state index in [0.717, 1.165) is 35.9 Å². The average Bonchev–Trinajstić information content (AvgIpc) is 2.64. The normalized spacial score (nSPS) is 11.2. The Morgan fingerprint density at radius 2 is 2.08 bits per heavy atom. The molecule has 2 aromatic rings. The van der Waals surface area contributed by atoms with Crippen LogP contribution in [0.5, 0.6) is 5.75 Å². The number of aliphatic imine (C=N–C) groups is 1. The zero-order valence-corrected chi connectivity index (χ0v) is 14.5. The minimum absolute atomic E-state index is 0.470. The number of guanidine groups is 1. The van der Waals surface area contributed by atoms with Gasteiger partial charge in [-0.2, -0.15) is 0 Å². The van der Waals surface area contributed by atoms with Crippen molar-refractivity contribution in [2.75, 3.05) is 13.6 Å². The molecular formula is C19H26N4O. The average molecular weight is 326 g/mol. The zero-order valence-electron chi connectivity index (χ0n) is 14.5. The molecule has 0 radical (unpaired) electrons. The van der Waals surface area contributed by atoms with Crippen LogP contribution in [-0.4, -0.2) is 24.5 Å². The number of benzene rings is 1. The summed E-state index contributed by atoms with van der Waals surface area (Å²) < 4.78 is 5.81.